The number of carbonyl (C=O) groups excluding carboxylic acids is 2. The number of nitrogens with zero attached hydrogens (tertiary/aromatic N) is 1. The van der Waals surface area contributed by atoms with Crippen LogP contribution in [-0.4, -0.2) is 23.3 Å². The second-order valence-electron chi connectivity index (χ2n) is 8.54. The Labute approximate surface area is 188 Å². The minimum atomic E-state index is -0.191. The van der Waals surface area contributed by atoms with Gasteiger partial charge in [0.25, 0.3) is 0 Å². The number of benzene rings is 2. The topological polar surface area (TPSA) is 62.6 Å². The summed E-state index contributed by atoms with van der Waals surface area (Å²) in [7, 11) is 0. The van der Waals surface area contributed by atoms with Crippen LogP contribution in [0, 0.1) is 5.92 Å². The van der Waals surface area contributed by atoms with Crippen LogP contribution in [0.3, 0.4) is 0 Å². The number of fused-ring (bicyclic) bond motifs is 1. The molecular weight excluding hydrogens is 400 g/mol. The van der Waals surface area contributed by atoms with Crippen LogP contribution < -0.4 is 5.32 Å². The molecule has 1 aromatic heterocycles. The normalized spacial score (nSPS) is 13.4. The van der Waals surface area contributed by atoms with Crippen LogP contribution in [0.1, 0.15) is 37.2 Å². The van der Waals surface area contributed by atoms with Crippen LogP contribution in [0.4, 0.5) is 5.69 Å². The second kappa shape index (κ2) is 9.69. The molecule has 0 spiro atoms. The fraction of sp³-hybridized carbons (Fsp3) is 0.259. The summed E-state index contributed by atoms with van der Waals surface area (Å²) in [6.07, 6.45) is 4.60. The zero-order chi connectivity index (χ0) is 22.5. The Morgan fingerprint density at radius 1 is 1.09 bits per heavy atom. The first-order chi connectivity index (χ1) is 15.5. The third kappa shape index (κ3) is 5.35. The maximum absolute atomic E-state index is 12.4. The molecule has 32 heavy (non-hydrogen) atoms. The van der Waals surface area contributed by atoms with Gasteiger partial charge < -0.3 is 14.6 Å². The van der Waals surface area contributed by atoms with Crippen molar-refractivity contribution in [2.45, 2.75) is 33.2 Å². The lowest BCUT2D eigenvalue weighted by atomic mass is 10.0. The van der Waals surface area contributed by atoms with Crippen molar-refractivity contribution < 1.29 is 14.0 Å². The number of amides is 2. The van der Waals surface area contributed by atoms with Gasteiger partial charge in [-0.2, -0.15) is 0 Å². The molecule has 2 amide bonds. The number of carbonyl (C=O) groups is 2. The standard InChI is InChI=1S/C27H28N2O3/c1-19(2)15-27(31)29-14-13-24-22(18-29)17-25(32-24)21-9-6-10-23(16-21)28-26(30)12-11-20-7-4-3-5-8-20/h3-12,16-17,19H,13-15,18H2,1-2H3,(H,28,30)/b12-11+. The average Bonchev–Trinajstić information content (AvgIpc) is 3.22. The molecule has 0 atom stereocenters. The van der Waals surface area contributed by atoms with E-state index < -0.39 is 0 Å². The van der Waals surface area contributed by atoms with Crippen LogP contribution in [0.25, 0.3) is 17.4 Å². The predicted molar refractivity (Wildman–Crippen MR) is 127 cm³/mol. The van der Waals surface area contributed by atoms with Crippen molar-refractivity contribution in [2.24, 2.45) is 5.92 Å². The van der Waals surface area contributed by atoms with Crippen molar-refractivity contribution >= 4 is 23.6 Å². The molecule has 0 fully saturated rings. The van der Waals surface area contributed by atoms with Gasteiger partial charge in [0.2, 0.25) is 11.8 Å². The lowest BCUT2D eigenvalue weighted by Gasteiger charge is -2.26. The number of furan rings is 1. The quantitative estimate of drug-likeness (QED) is 0.525. The molecule has 164 valence electrons. The van der Waals surface area contributed by atoms with Crippen molar-refractivity contribution in [2.75, 3.05) is 11.9 Å². The number of anilines is 1. The molecule has 0 saturated carbocycles. The van der Waals surface area contributed by atoms with Crippen LogP contribution in [0.15, 0.2) is 71.2 Å². The van der Waals surface area contributed by atoms with Gasteiger partial charge in [-0.05, 0) is 35.8 Å². The molecule has 0 saturated heterocycles. The maximum Gasteiger partial charge on any atom is 0.248 e. The molecule has 1 aliphatic rings. The van der Waals surface area contributed by atoms with E-state index in [4.69, 9.17) is 4.42 Å². The van der Waals surface area contributed by atoms with Gasteiger partial charge >= 0.3 is 0 Å². The third-order valence-corrected chi connectivity index (χ3v) is 5.44. The Morgan fingerprint density at radius 2 is 1.91 bits per heavy atom. The van der Waals surface area contributed by atoms with E-state index in [1.54, 1.807) is 6.08 Å². The molecule has 0 radical (unpaired) electrons. The fourth-order valence-electron chi connectivity index (χ4n) is 3.84. The summed E-state index contributed by atoms with van der Waals surface area (Å²) in [5.41, 5.74) is 3.62. The number of nitrogens with one attached hydrogen (secondary N) is 1. The van der Waals surface area contributed by atoms with Crippen LogP contribution >= 0.6 is 0 Å². The van der Waals surface area contributed by atoms with E-state index in [9.17, 15) is 9.59 Å². The number of hydrogen-bond acceptors (Lipinski definition) is 3. The summed E-state index contributed by atoms with van der Waals surface area (Å²) in [4.78, 5) is 26.7. The first-order valence-electron chi connectivity index (χ1n) is 11.0. The fourth-order valence-corrected chi connectivity index (χ4v) is 3.84. The van der Waals surface area contributed by atoms with E-state index in [-0.39, 0.29) is 11.8 Å². The highest BCUT2D eigenvalue weighted by atomic mass is 16.3. The Hall–Kier alpha value is -3.60. The molecule has 4 rings (SSSR count). The maximum atomic E-state index is 12.4. The number of rotatable bonds is 6. The van der Waals surface area contributed by atoms with Crippen molar-refractivity contribution in [1.29, 1.82) is 0 Å². The highest BCUT2D eigenvalue weighted by Gasteiger charge is 2.24. The minimum absolute atomic E-state index is 0.191. The van der Waals surface area contributed by atoms with Crippen molar-refractivity contribution in [3.8, 4) is 11.3 Å². The van der Waals surface area contributed by atoms with Gasteiger partial charge in [-0.1, -0.05) is 56.3 Å². The summed E-state index contributed by atoms with van der Waals surface area (Å²) in [5, 5.41) is 2.90. The van der Waals surface area contributed by atoms with Gasteiger partial charge in [-0.25, -0.2) is 0 Å². The van der Waals surface area contributed by atoms with Gasteiger partial charge in [0, 0.05) is 48.8 Å². The van der Waals surface area contributed by atoms with Crippen LogP contribution in [0.2, 0.25) is 0 Å². The lowest BCUT2D eigenvalue weighted by Crippen LogP contribution is -2.35. The van der Waals surface area contributed by atoms with Crippen LogP contribution in [-0.2, 0) is 22.6 Å². The molecule has 3 aromatic rings. The molecule has 5 heteroatoms. The van der Waals surface area contributed by atoms with E-state index in [0.717, 1.165) is 34.6 Å². The zero-order valence-electron chi connectivity index (χ0n) is 18.5. The van der Waals surface area contributed by atoms with E-state index in [2.05, 4.69) is 19.2 Å². The Balaban J connectivity index is 1.44. The molecule has 5 nitrogen and oxygen atoms in total. The molecule has 0 bridgehead atoms. The largest absolute Gasteiger partial charge is 0.461 e. The summed E-state index contributed by atoms with van der Waals surface area (Å²) < 4.78 is 6.10. The molecule has 2 heterocycles. The van der Waals surface area contributed by atoms with Crippen molar-refractivity contribution in [3.05, 3.63) is 83.6 Å². The highest BCUT2D eigenvalue weighted by molar-refractivity contribution is 6.02. The van der Waals surface area contributed by atoms with E-state index in [1.807, 2.05) is 65.6 Å². The van der Waals surface area contributed by atoms with Gasteiger partial charge in [0.15, 0.2) is 0 Å². The average molecular weight is 429 g/mol. The van der Waals surface area contributed by atoms with E-state index in [0.29, 0.717) is 31.1 Å². The number of hydrogen-bond donors (Lipinski definition) is 1. The van der Waals surface area contributed by atoms with E-state index in [1.165, 1.54) is 6.08 Å². The smallest absolute Gasteiger partial charge is 0.248 e. The Bertz CT molecular complexity index is 1130. The molecule has 0 aliphatic carbocycles. The summed E-state index contributed by atoms with van der Waals surface area (Å²) in [5.74, 6) is 2.05. The third-order valence-electron chi connectivity index (χ3n) is 5.44. The molecular formula is C27H28N2O3. The predicted octanol–water partition coefficient (Wildman–Crippen LogP) is 5.53. The molecule has 1 aliphatic heterocycles. The second-order valence-corrected chi connectivity index (χ2v) is 8.54. The lowest BCUT2D eigenvalue weighted by molar-refractivity contribution is -0.133. The molecule has 1 N–H and O–H groups in total. The monoisotopic (exact) mass is 428 g/mol. The molecule has 0 unspecified atom stereocenters. The summed E-state index contributed by atoms with van der Waals surface area (Å²) >= 11 is 0. The minimum Gasteiger partial charge on any atom is -0.461 e. The van der Waals surface area contributed by atoms with Crippen molar-refractivity contribution in [3.63, 3.8) is 0 Å². The SMILES string of the molecule is CC(C)CC(=O)N1CCc2oc(-c3cccc(NC(=O)/C=C/c4ccccc4)c3)cc2C1. The van der Waals surface area contributed by atoms with Gasteiger partial charge in [0.1, 0.15) is 11.5 Å². The first-order valence-corrected chi connectivity index (χ1v) is 11.0. The van der Waals surface area contributed by atoms with Gasteiger partial charge in [0.05, 0.1) is 0 Å². The zero-order valence-corrected chi connectivity index (χ0v) is 18.5. The highest BCUT2D eigenvalue weighted by Crippen LogP contribution is 2.31. The summed E-state index contributed by atoms with van der Waals surface area (Å²) in [6.45, 7) is 5.40. The van der Waals surface area contributed by atoms with E-state index >= 15 is 0 Å². The van der Waals surface area contributed by atoms with Crippen LogP contribution in [0.5, 0.6) is 0 Å². The Kier molecular flexibility index (Phi) is 6.55. The first kappa shape index (κ1) is 21.6. The van der Waals surface area contributed by atoms with Gasteiger partial charge in [-0.15, -0.1) is 0 Å². The van der Waals surface area contributed by atoms with Gasteiger partial charge in [-0.3, -0.25) is 9.59 Å². The summed E-state index contributed by atoms with van der Waals surface area (Å²) in [6, 6.07) is 19.3. The Morgan fingerprint density at radius 3 is 2.69 bits per heavy atom. The molecule has 2 aromatic carbocycles. The van der Waals surface area contributed by atoms with Crippen molar-refractivity contribution in [1.82, 2.24) is 4.90 Å².